The Kier molecular flexibility index (Phi) is 2.65. The molecule has 0 radical (unpaired) electrons. The van der Waals surface area contributed by atoms with Gasteiger partial charge in [0.25, 0.3) is 0 Å². The van der Waals surface area contributed by atoms with Crippen LogP contribution in [0.4, 0.5) is 0 Å². The average Bonchev–Trinajstić information content (AvgIpc) is 2.04. The first-order chi connectivity index (χ1) is 5.61. The van der Waals surface area contributed by atoms with Crippen LogP contribution in [0.2, 0.25) is 0 Å². The van der Waals surface area contributed by atoms with E-state index in [1.807, 2.05) is 0 Å². The number of hydrazine groups is 1. The molecule has 0 bridgehead atoms. The molecule has 0 spiro atoms. The lowest BCUT2D eigenvalue weighted by Gasteiger charge is -2.30. The number of carbonyl (C=O) groups excluding carboxylic acids is 1. The Morgan fingerprint density at radius 2 is 2.25 bits per heavy atom. The second-order valence-electron chi connectivity index (χ2n) is 2.83. The summed E-state index contributed by atoms with van der Waals surface area (Å²) in [6.45, 7) is 2.01. The smallest absolute Gasteiger partial charge is 0.322 e. The van der Waals surface area contributed by atoms with Crippen LogP contribution in [0.1, 0.15) is 19.8 Å². The van der Waals surface area contributed by atoms with Crippen LogP contribution in [0, 0.1) is 0 Å². The van der Waals surface area contributed by atoms with Crippen molar-refractivity contribution < 1.29 is 14.7 Å². The van der Waals surface area contributed by atoms with Gasteiger partial charge in [-0.05, 0) is 12.8 Å². The Hall–Kier alpha value is -1.10. The summed E-state index contributed by atoms with van der Waals surface area (Å²) in [4.78, 5) is 21.4. The van der Waals surface area contributed by atoms with E-state index in [1.165, 1.54) is 11.9 Å². The third-order valence-electron chi connectivity index (χ3n) is 1.86. The van der Waals surface area contributed by atoms with E-state index in [0.29, 0.717) is 13.0 Å². The number of hydrogen-bond donors (Lipinski definition) is 2. The van der Waals surface area contributed by atoms with Crippen LogP contribution in [0.25, 0.3) is 0 Å². The lowest BCUT2D eigenvalue weighted by molar-refractivity contribution is -0.145. The summed E-state index contributed by atoms with van der Waals surface area (Å²) in [6.07, 6.45) is 1.32. The van der Waals surface area contributed by atoms with E-state index in [1.54, 1.807) is 0 Å². The molecule has 5 nitrogen and oxygen atoms in total. The van der Waals surface area contributed by atoms with Crippen LogP contribution in [0.5, 0.6) is 0 Å². The number of nitrogens with zero attached hydrogens (tertiary/aromatic N) is 1. The molecule has 1 aliphatic rings. The Morgan fingerprint density at radius 1 is 1.58 bits per heavy atom. The molecule has 12 heavy (non-hydrogen) atoms. The van der Waals surface area contributed by atoms with Gasteiger partial charge in [0.1, 0.15) is 6.04 Å². The molecule has 0 aromatic rings. The summed E-state index contributed by atoms with van der Waals surface area (Å²) in [5.41, 5.74) is 2.64. The number of hydrogen-bond acceptors (Lipinski definition) is 3. The lowest BCUT2D eigenvalue weighted by Crippen LogP contribution is -2.54. The number of carbonyl (C=O) groups is 2. The minimum Gasteiger partial charge on any atom is -0.480 e. The molecule has 68 valence electrons. The summed E-state index contributed by atoms with van der Waals surface area (Å²) >= 11 is 0. The van der Waals surface area contributed by atoms with Crippen LogP contribution in [0.15, 0.2) is 0 Å². The highest BCUT2D eigenvalue weighted by molar-refractivity contribution is 5.76. The molecular formula is C7H12N2O3. The highest BCUT2D eigenvalue weighted by atomic mass is 16.4. The van der Waals surface area contributed by atoms with Crippen molar-refractivity contribution in [1.82, 2.24) is 10.4 Å². The van der Waals surface area contributed by atoms with Crippen molar-refractivity contribution >= 4 is 11.9 Å². The second-order valence-corrected chi connectivity index (χ2v) is 2.83. The van der Waals surface area contributed by atoms with E-state index in [-0.39, 0.29) is 5.91 Å². The van der Waals surface area contributed by atoms with E-state index in [0.717, 1.165) is 6.42 Å². The molecule has 1 saturated heterocycles. The maximum atomic E-state index is 10.8. The fraction of sp³-hybridized carbons (Fsp3) is 0.714. The molecule has 1 heterocycles. The quantitative estimate of drug-likeness (QED) is 0.564. The molecule has 2 N–H and O–H groups in total. The van der Waals surface area contributed by atoms with Gasteiger partial charge in [0.2, 0.25) is 5.91 Å². The Balaban J connectivity index is 2.51. The summed E-state index contributed by atoms with van der Waals surface area (Å²) in [6, 6.07) is -0.609. The molecule has 0 aromatic heterocycles. The number of rotatable bonds is 1. The predicted molar refractivity (Wildman–Crippen MR) is 41.2 cm³/mol. The van der Waals surface area contributed by atoms with Gasteiger partial charge in [0, 0.05) is 13.5 Å². The van der Waals surface area contributed by atoms with E-state index >= 15 is 0 Å². The van der Waals surface area contributed by atoms with Crippen molar-refractivity contribution in [2.24, 2.45) is 0 Å². The fourth-order valence-corrected chi connectivity index (χ4v) is 1.20. The second kappa shape index (κ2) is 3.53. The summed E-state index contributed by atoms with van der Waals surface area (Å²) in [5, 5.41) is 9.99. The fourth-order valence-electron chi connectivity index (χ4n) is 1.20. The predicted octanol–water partition coefficient (Wildman–Crippen LogP) is -0.414. The van der Waals surface area contributed by atoms with Crippen molar-refractivity contribution in [3.05, 3.63) is 0 Å². The molecule has 1 fully saturated rings. The molecule has 1 atom stereocenters. The summed E-state index contributed by atoms with van der Waals surface area (Å²) in [5.74, 6) is -1.04. The maximum absolute atomic E-state index is 10.8. The zero-order valence-corrected chi connectivity index (χ0v) is 6.91. The van der Waals surface area contributed by atoms with Gasteiger partial charge in [-0.25, -0.2) is 5.43 Å². The van der Waals surface area contributed by atoms with Gasteiger partial charge in [0.05, 0.1) is 0 Å². The van der Waals surface area contributed by atoms with Gasteiger partial charge in [-0.1, -0.05) is 0 Å². The third-order valence-corrected chi connectivity index (χ3v) is 1.86. The highest BCUT2D eigenvalue weighted by Crippen LogP contribution is 2.06. The first-order valence-electron chi connectivity index (χ1n) is 3.88. The topological polar surface area (TPSA) is 69.6 Å². The van der Waals surface area contributed by atoms with Crippen molar-refractivity contribution in [1.29, 1.82) is 0 Å². The lowest BCUT2D eigenvalue weighted by atomic mass is 10.1. The first-order valence-corrected chi connectivity index (χ1v) is 3.88. The van der Waals surface area contributed by atoms with Crippen LogP contribution >= 0.6 is 0 Å². The molecule has 1 amide bonds. The number of carboxylic acid groups (broad SMARTS) is 1. The summed E-state index contributed by atoms with van der Waals surface area (Å²) in [7, 11) is 0. The van der Waals surface area contributed by atoms with Gasteiger partial charge < -0.3 is 5.11 Å². The Morgan fingerprint density at radius 3 is 2.75 bits per heavy atom. The monoisotopic (exact) mass is 172 g/mol. The van der Waals surface area contributed by atoms with Crippen LogP contribution < -0.4 is 5.43 Å². The average molecular weight is 172 g/mol. The van der Waals surface area contributed by atoms with Crippen molar-refractivity contribution in [2.45, 2.75) is 25.8 Å². The Bertz CT molecular complexity index is 185. The number of amides is 1. The number of nitrogens with one attached hydrogen (secondary N) is 1. The minimum atomic E-state index is -0.902. The van der Waals surface area contributed by atoms with Gasteiger partial charge in [-0.3, -0.25) is 14.6 Å². The summed E-state index contributed by atoms with van der Waals surface area (Å²) < 4.78 is 0. The molecule has 0 saturated carbocycles. The zero-order valence-electron chi connectivity index (χ0n) is 6.91. The molecular weight excluding hydrogens is 160 g/mol. The number of carboxylic acids is 1. The van der Waals surface area contributed by atoms with Gasteiger partial charge >= 0.3 is 5.97 Å². The standard InChI is InChI=1S/C7H12N2O3/c1-5(10)9-4-2-3-6(8-9)7(11)12/h6,8H,2-4H2,1H3,(H,11,12)/t6-/m0/s1. The van der Waals surface area contributed by atoms with E-state index in [2.05, 4.69) is 5.43 Å². The maximum Gasteiger partial charge on any atom is 0.322 e. The van der Waals surface area contributed by atoms with Crippen molar-refractivity contribution in [2.75, 3.05) is 6.54 Å². The highest BCUT2D eigenvalue weighted by Gasteiger charge is 2.25. The molecule has 0 aromatic carbocycles. The van der Waals surface area contributed by atoms with Crippen LogP contribution in [-0.4, -0.2) is 34.6 Å². The normalized spacial score (nSPS) is 23.8. The van der Waals surface area contributed by atoms with Crippen molar-refractivity contribution in [3.8, 4) is 0 Å². The van der Waals surface area contributed by atoms with Crippen LogP contribution in [-0.2, 0) is 9.59 Å². The molecule has 5 heteroatoms. The first kappa shape index (κ1) is 8.99. The van der Waals surface area contributed by atoms with Gasteiger partial charge in [-0.15, -0.1) is 0 Å². The van der Waals surface area contributed by atoms with Gasteiger partial charge in [-0.2, -0.15) is 0 Å². The van der Waals surface area contributed by atoms with E-state index < -0.39 is 12.0 Å². The largest absolute Gasteiger partial charge is 0.480 e. The SMILES string of the molecule is CC(=O)N1CCC[C@@H](C(=O)O)N1. The minimum absolute atomic E-state index is 0.138. The van der Waals surface area contributed by atoms with Gasteiger partial charge in [0.15, 0.2) is 0 Å². The zero-order chi connectivity index (χ0) is 9.14. The van der Waals surface area contributed by atoms with E-state index in [4.69, 9.17) is 5.11 Å². The van der Waals surface area contributed by atoms with Crippen molar-refractivity contribution in [3.63, 3.8) is 0 Å². The number of aliphatic carboxylic acids is 1. The molecule has 0 aliphatic carbocycles. The molecule has 0 unspecified atom stereocenters. The van der Waals surface area contributed by atoms with Crippen LogP contribution in [0.3, 0.4) is 0 Å². The third kappa shape index (κ3) is 1.94. The molecule has 1 aliphatic heterocycles. The molecule has 1 rings (SSSR count). The van der Waals surface area contributed by atoms with E-state index in [9.17, 15) is 9.59 Å². The Labute approximate surface area is 70.3 Å².